The summed E-state index contributed by atoms with van der Waals surface area (Å²) in [5.74, 6) is 0.746. The van der Waals surface area contributed by atoms with Crippen molar-refractivity contribution in [1.82, 2.24) is 14.8 Å². The SMILES string of the molecule is Clc1nnc(-c2ccccc2)n1-c1ccc2sccc2c1. The number of benzene rings is 2. The Labute approximate surface area is 130 Å². The first kappa shape index (κ1) is 12.6. The fraction of sp³-hybridized carbons (Fsp3) is 0. The molecular formula is C16H10ClN3S. The highest BCUT2D eigenvalue weighted by Gasteiger charge is 2.14. The first-order valence-corrected chi connectivity index (χ1v) is 7.73. The molecule has 102 valence electrons. The maximum atomic E-state index is 6.25. The Balaban J connectivity index is 1.93. The molecule has 2 heterocycles. The van der Waals surface area contributed by atoms with Crippen molar-refractivity contribution < 1.29 is 0 Å². The van der Waals surface area contributed by atoms with Crippen LogP contribution < -0.4 is 0 Å². The molecule has 0 aliphatic carbocycles. The number of rotatable bonds is 2. The molecule has 0 aliphatic heterocycles. The van der Waals surface area contributed by atoms with Crippen LogP contribution >= 0.6 is 22.9 Å². The minimum absolute atomic E-state index is 0.364. The van der Waals surface area contributed by atoms with Crippen molar-refractivity contribution in [3.05, 3.63) is 65.3 Å². The van der Waals surface area contributed by atoms with Gasteiger partial charge in [0.15, 0.2) is 5.82 Å². The molecule has 0 unspecified atom stereocenters. The molecule has 0 saturated carbocycles. The van der Waals surface area contributed by atoms with E-state index in [2.05, 4.69) is 33.8 Å². The van der Waals surface area contributed by atoms with Crippen molar-refractivity contribution in [1.29, 1.82) is 0 Å². The van der Waals surface area contributed by atoms with Gasteiger partial charge in [-0.1, -0.05) is 30.3 Å². The van der Waals surface area contributed by atoms with Gasteiger partial charge < -0.3 is 0 Å². The summed E-state index contributed by atoms with van der Waals surface area (Å²) >= 11 is 7.97. The van der Waals surface area contributed by atoms with Gasteiger partial charge in [-0.2, -0.15) is 0 Å². The Morgan fingerprint density at radius 1 is 0.952 bits per heavy atom. The first-order chi connectivity index (χ1) is 10.3. The van der Waals surface area contributed by atoms with Gasteiger partial charge in [0.05, 0.1) is 5.69 Å². The average molecular weight is 312 g/mol. The Bertz CT molecular complexity index is 912. The van der Waals surface area contributed by atoms with Gasteiger partial charge in [0, 0.05) is 10.3 Å². The van der Waals surface area contributed by atoms with Crippen molar-refractivity contribution in [2.45, 2.75) is 0 Å². The lowest BCUT2D eigenvalue weighted by Gasteiger charge is -2.08. The van der Waals surface area contributed by atoms with E-state index < -0.39 is 0 Å². The van der Waals surface area contributed by atoms with Crippen molar-refractivity contribution in [2.24, 2.45) is 0 Å². The molecule has 2 aromatic carbocycles. The quantitative estimate of drug-likeness (QED) is 0.532. The number of fused-ring (bicyclic) bond motifs is 1. The second kappa shape index (κ2) is 4.98. The zero-order chi connectivity index (χ0) is 14.2. The molecule has 0 fully saturated rings. The zero-order valence-corrected chi connectivity index (χ0v) is 12.5. The predicted molar refractivity (Wildman–Crippen MR) is 87.2 cm³/mol. The van der Waals surface area contributed by atoms with Crippen LogP contribution in [0.3, 0.4) is 0 Å². The Morgan fingerprint density at radius 3 is 2.67 bits per heavy atom. The lowest BCUT2D eigenvalue weighted by atomic mass is 10.2. The van der Waals surface area contributed by atoms with E-state index in [9.17, 15) is 0 Å². The van der Waals surface area contributed by atoms with E-state index in [1.807, 2.05) is 41.0 Å². The van der Waals surface area contributed by atoms with Crippen molar-refractivity contribution >= 4 is 33.0 Å². The number of hydrogen-bond acceptors (Lipinski definition) is 3. The molecule has 0 radical (unpaired) electrons. The minimum Gasteiger partial charge on any atom is -0.266 e. The summed E-state index contributed by atoms with van der Waals surface area (Å²) in [5, 5.41) is 11.9. The van der Waals surface area contributed by atoms with Gasteiger partial charge in [-0.05, 0) is 46.6 Å². The molecule has 4 aromatic rings. The van der Waals surface area contributed by atoms with Crippen molar-refractivity contribution in [3.8, 4) is 17.1 Å². The molecule has 3 nitrogen and oxygen atoms in total. The molecule has 0 saturated heterocycles. The topological polar surface area (TPSA) is 30.7 Å². The summed E-state index contributed by atoms with van der Waals surface area (Å²) in [5.41, 5.74) is 1.96. The molecular weight excluding hydrogens is 302 g/mol. The van der Waals surface area contributed by atoms with Gasteiger partial charge in [-0.25, -0.2) is 0 Å². The normalized spacial score (nSPS) is 11.1. The van der Waals surface area contributed by atoms with Crippen molar-refractivity contribution in [3.63, 3.8) is 0 Å². The number of thiophene rings is 1. The van der Waals surface area contributed by atoms with E-state index in [-0.39, 0.29) is 0 Å². The summed E-state index contributed by atoms with van der Waals surface area (Å²) in [6.07, 6.45) is 0. The highest BCUT2D eigenvalue weighted by molar-refractivity contribution is 7.17. The minimum atomic E-state index is 0.364. The van der Waals surface area contributed by atoms with Gasteiger partial charge >= 0.3 is 0 Å². The van der Waals surface area contributed by atoms with Crippen LogP contribution in [0.25, 0.3) is 27.2 Å². The van der Waals surface area contributed by atoms with Crippen LogP contribution in [0.2, 0.25) is 5.28 Å². The van der Waals surface area contributed by atoms with E-state index in [1.54, 1.807) is 11.3 Å². The number of nitrogens with zero attached hydrogens (tertiary/aromatic N) is 3. The van der Waals surface area contributed by atoms with Crippen LogP contribution in [0.15, 0.2) is 60.0 Å². The third-order valence-electron chi connectivity index (χ3n) is 3.35. The van der Waals surface area contributed by atoms with Crippen molar-refractivity contribution in [2.75, 3.05) is 0 Å². The maximum Gasteiger partial charge on any atom is 0.229 e. The summed E-state index contributed by atoms with van der Waals surface area (Å²) < 4.78 is 3.12. The second-order valence-corrected chi connectivity index (χ2v) is 5.92. The highest BCUT2D eigenvalue weighted by atomic mass is 35.5. The third kappa shape index (κ3) is 2.13. The number of aromatic nitrogens is 3. The number of halogens is 1. The average Bonchev–Trinajstić information content (AvgIpc) is 3.13. The van der Waals surface area contributed by atoms with Gasteiger partial charge in [0.2, 0.25) is 5.28 Å². The lowest BCUT2D eigenvalue weighted by molar-refractivity contribution is 1.07. The lowest BCUT2D eigenvalue weighted by Crippen LogP contribution is -1.97. The predicted octanol–water partition coefficient (Wildman–Crippen LogP) is 4.80. The smallest absolute Gasteiger partial charge is 0.229 e. The largest absolute Gasteiger partial charge is 0.266 e. The van der Waals surface area contributed by atoms with E-state index in [0.29, 0.717) is 5.28 Å². The van der Waals surface area contributed by atoms with E-state index in [4.69, 9.17) is 11.6 Å². The molecule has 2 aromatic heterocycles. The Morgan fingerprint density at radius 2 is 1.81 bits per heavy atom. The molecule has 4 rings (SSSR count). The second-order valence-electron chi connectivity index (χ2n) is 4.64. The Hall–Kier alpha value is -2.17. The van der Waals surface area contributed by atoms with Crippen LogP contribution in [0.5, 0.6) is 0 Å². The molecule has 0 N–H and O–H groups in total. The zero-order valence-electron chi connectivity index (χ0n) is 10.9. The van der Waals surface area contributed by atoms with Gasteiger partial charge in [0.25, 0.3) is 0 Å². The summed E-state index contributed by atoms with van der Waals surface area (Å²) in [6.45, 7) is 0. The highest BCUT2D eigenvalue weighted by Crippen LogP contribution is 2.28. The Kier molecular flexibility index (Phi) is 2.98. The van der Waals surface area contributed by atoms with E-state index in [0.717, 1.165) is 17.1 Å². The van der Waals surface area contributed by atoms with Crippen LogP contribution in [0.1, 0.15) is 0 Å². The maximum absolute atomic E-state index is 6.25. The van der Waals surface area contributed by atoms with Gasteiger partial charge in [-0.3, -0.25) is 4.57 Å². The molecule has 5 heteroatoms. The molecule has 0 aliphatic rings. The van der Waals surface area contributed by atoms with Crippen LogP contribution in [-0.4, -0.2) is 14.8 Å². The van der Waals surface area contributed by atoms with E-state index >= 15 is 0 Å². The van der Waals surface area contributed by atoms with Crippen LogP contribution in [-0.2, 0) is 0 Å². The summed E-state index contributed by atoms with van der Waals surface area (Å²) in [4.78, 5) is 0. The molecule has 21 heavy (non-hydrogen) atoms. The van der Waals surface area contributed by atoms with E-state index in [1.165, 1.54) is 10.1 Å². The summed E-state index contributed by atoms with van der Waals surface area (Å²) in [6, 6.07) is 18.3. The van der Waals surface area contributed by atoms with Crippen LogP contribution in [0.4, 0.5) is 0 Å². The monoisotopic (exact) mass is 311 g/mol. The van der Waals surface area contributed by atoms with Gasteiger partial charge in [0.1, 0.15) is 0 Å². The van der Waals surface area contributed by atoms with Gasteiger partial charge in [-0.15, -0.1) is 21.5 Å². The molecule has 0 spiro atoms. The molecule has 0 amide bonds. The van der Waals surface area contributed by atoms with Crippen LogP contribution in [0, 0.1) is 0 Å². The molecule has 0 atom stereocenters. The fourth-order valence-electron chi connectivity index (χ4n) is 2.36. The molecule has 0 bridgehead atoms. The third-order valence-corrected chi connectivity index (χ3v) is 4.49. The first-order valence-electron chi connectivity index (χ1n) is 6.47. The fourth-order valence-corrected chi connectivity index (χ4v) is 3.35. The number of hydrogen-bond donors (Lipinski definition) is 0. The summed E-state index contributed by atoms with van der Waals surface area (Å²) in [7, 11) is 0. The standard InChI is InChI=1S/C16H10ClN3S/c17-16-19-18-15(11-4-2-1-3-5-11)20(16)13-6-7-14-12(10-13)8-9-21-14/h1-10H.